The minimum absolute atomic E-state index is 0.150. The quantitative estimate of drug-likeness (QED) is 0.765. The van der Waals surface area contributed by atoms with Crippen LogP contribution >= 0.6 is 15.9 Å². The summed E-state index contributed by atoms with van der Waals surface area (Å²) in [5.74, 6) is -0.0170. The van der Waals surface area contributed by atoms with Crippen LogP contribution in [0.2, 0.25) is 0 Å². The molecule has 132 valence electrons. The number of hydrogen-bond donors (Lipinski definition) is 1. The van der Waals surface area contributed by atoms with E-state index in [0.717, 1.165) is 10.0 Å². The van der Waals surface area contributed by atoms with Crippen LogP contribution < -0.4 is 15.2 Å². The van der Waals surface area contributed by atoms with E-state index in [2.05, 4.69) is 15.9 Å². The Morgan fingerprint density at radius 3 is 2.40 bits per heavy atom. The summed E-state index contributed by atoms with van der Waals surface area (Å²) in [4.78, 5) is 25.0. The number of methoxy groups -OCH3 is 1. The molecule has 0 aliphatic rings. The van der Waals surface area contributed by atoms with Crippen molar-refractivity contribution in [2.45, 2.75) is 6.54 Å². The minimum Gasteiger partial charge on any atom is -0.493 e. The topological polar surface area (TPSA) is 81.9 Å². The fourth-order valence-corrected chi connectivity index (χ4v) is 2.49. The molecular formula is C18H19BrN2O4. The first-order valence-corrected chi connectivity index (χ1v) is 8.29. The predicted octanol–water partition coefficient (Wildman–Crippen LogP) is 2.59. The highest BCUT2D eigenvalue weighted by Gasteiger charge is 2.15. The van der Waals surface area contributed by atoms with E-state index in [1.807, 2.05) is 24.3 Å². The van der Waals surface area contributed by atoms with Crippen molar-refractivity contribution in [2.75, 3.05) is 20.8 Å². The van der Waals surface area contributed by atoms with Crippen LogP contribution in [-0.4, -0.2) is 37.5 Å². The van der Waals surface area contributed by atoms with Gasteiger partial charge in [-0.2, -0.15) is 0 Å². The third-order valence-corrected chi connectivity index (χ3v) is 3.99. The van der Waals surface area contributed by atoms with Crippen molar-refractivity contribution in [3.63, 3.8) is 0 Å². The molecule has 0 aliphatic carbocycles. The number of primary amides is 1. The number of rotatable bonds is 7. The van der Waals surface area contributed by atoms with Gasteiger partial charge in [0.15, 0.2) is 18.1 Å². The molecule has 0 unspecified atom stereocenters. The predicted molar refractivity (Wildman–Crippen MR) is 97.6 cm³/mol. The number of nitrogens with two attached hydrogens (primary N) is 1. The van der Waals surface area contributed by atoms with Gasteiger partial charge >= 0.3 is 0 Å². The Morgan fingerprint density at radius 1 is 1.12 bits per heavy atom. The smallest absolute Gasteiger partial charge is 0.255 e. The number of carbonyl (C=O) groups is 2. The molecule has 2 aromatic rings. The number of ether oxygens (including phenoxy) is 2. The number of amides is 2. The van der Waals surface area contributed by atoms with Crippen molar-refractivity contribution >= 4 is 27.7 Å². The highest BCUT2D eigenvalue weighted by Crippen LogP contribution is 2.28. The number of nitrogens with zero attached hydrogens (tertiary/aromatic N) is 1. The molecule has 0 aliphatic heterocycles. The summed E-state index contributed by atoms with van der Waals surface area (Å²) in [5, 5.41) is 0. The second kappa shape index (κ2) is 8.53. The van der Waals surface area contributed by atoms with E-state index in [-0.39, 0.29) is 12.5 Å². The SMILES string of the molecule is COc1cc(C(=O)N(C)Cc2ccc(Br)cc2)ccc1OCC(N)=O. The monoisotopic (exact) mass is 406 g/mol. The summed E-state index contributed by atoms with van der Waals surface area (Å²) in [6.45, 7) is 0.224. The molecule has 25 heavy (non-hydrogen) atoms. The number of halogens is 1. The second-order valence-corrected chi connectivity index (χ2v) is 6.32. The average molecular weight is 407 g/mol. The van der Waals surface area contributed by atoms with E-state index in [0.29, 0.717) is 23.6 Å². The second-order valence-electron chi connectivity index (χ2n) is 5.41. The molecular weight excluding hydrogens is 388 g/mol. The molecule has 0 fully saturated rings. The number of carbonyl (C=O) groups excluding carboxylic acids is 2. The number of benzene rings is 2. The van der Waals surface area contributed by atoms with Crippen LogP contribution in [-0.2, 0) is 11.3 Å². The Balaban J connectivity index is 2.12. The molecule has 0 heterocycles. The summed E-state index contributed by atoms with van der Waals surface area (Å²) < 4.78 is 11.5. The molecule has 7 heteroatoms. The molecule has 2 aromatic carbocycles. The lowest BCUT2D eigenvalue weighted by atomic mass is 10.1. The van der Waals surface area contributed by atoms with Gasteiger partial charge in [-0.15, -0.1) is 0 Å². The van der Waals surface area contributed by atoms with Gasteiger partial charge in [-0.3, -0.25) is 9.59 Å². The van der Waals surface area contributed by atoms with E-state index >= 15 is 0 Å². The molecule has 0 bridgehead atoms. The van der Waals surface area contributed by atoms with Crippen molar-refractivity contribution in [1.29, 1.82) is 0 Å². The highest BCUT2D eigenvalue weighted by atomic mass is 79.9. The van der Waals surface area contributed by atoms with Crippen LogP contribution in [0.1, 0.15) is 15.9 Å². The Kier molecular flexibility index (Phi) is 6.41. The van der Waals surface area contributed by atoms with Crippen molar-refractivity contribution in [3.05, 3.63) is 58.1 Å². The molecule has 2 N–H and O–H groups in total. The van der Waals surface area contributed by atoms with Crippen LogP contribution in [0.15, 0.2) is 46.9 Å². The molecule has 2 rings (SSSR count). The summed E-state index contributed by atoms with van der Waals surface area (Å²) in [7, 11) is 3.20. The first kappa shape index (κ1) is 18.8. The Labute approximate surface area is 154 Å². The lowest BCUT2D eigenvalue weighted by molar-refractivity contribution is -0.119. The third-order valence-electron chi connectivity index (χ3n) is 3.46. The van der Waals surface area contributed by atoms with Gasteiger partial charge in [0.1, 0.15) is 0 Å². The molecule has 0 saturated heterocycles. The van der Waals surface area contributed by atoms with Crippen molar-refractivity contribution < 1.29 is 19.1 Å². The molecule has 0 aromatic heterocycles. The molecule has 2 amide bonds. The summed E-state index contributed by atoms with van der Waals surface area (Å²) >= 11 is 3.39. The summed E-state index contributed by atoms with van der Waals surface area (Å²) in [6, 6.07) is 12.6. The zero-order valence-corrected chi connectivity index (χ0v) is 15.6. The van der Waals surface area contributed by atoms with Crippen LogP contribution in [0, 0.1) is 0 Å². The first-order valence-electron chi connectivity index (χ1n) is 7.49. The number of hydrogen-bond acceptors (Lipinski definition) is 4. The maximum absolute atomic E-state index is 12.6. The Bertz CT molecular complexity index is 762. The average Bonchev–Trinajstić information content (AvgIpc) is 2.61. The van der Waals surface area contributed by atoms with E-state index in [4.69, 9.17) is 15.2 Å². The first-order chi connectivity index (χ1) is 11.9. The lowest BCUT2D eigenvalue weighted by Gasteiger charge is -2.18. The molecule has 0 spiro atoms. The fourth-order valence-electron chi connectivity index (χ4n) is 2.22. The maximum Gasteiger partial charge on any atom is 0.255 e. The highest BCUT2D eigenvalue weighted by molar-refractivity contribution is 9.10. The summed E-state index contributed by atoms with van der Waals surface area (Å²) in [5.41, 5.74) is 6.55. The van der Waals surface area contributed by atoms with Crippen molar-refractivity contribution in [3.8, 4) is 11.5 Å². The third kappa shape index (κ3) is 5.22. The van der Waals surface area contributed by atoms with E-state index in [1.54, 1.807) is 30.1 Å². The Hall–Kier alpha value is -2.54. The zero-order valence-electron chi connectivity index (χ0n) is 14.0. The normalized spacial score (nSPS) is 10.2. The summed E-state index contributed by atoms with van der Waals surface area (Å²) in [6.07, 6.45) is 0. The van der Waals surface area contributed by atoms with Gasteiger partial charge in [0, 0.05) is 23.6 Å². The van der Waals surface area contributed by atoms with Crippen LogP contribution in [0.25, 0.3) is 0 Å². The van der Waals surface area contributed by atoms with Gasteiger partial charge in [0.05, 0.1) is 7.11 Å². The largest absolute Gasteiger partial charge is 0.493 e. The van der Waals surface area contributed by atoms with Gasteiger partial charge in [-0.25, -0.2) is 0 Å². The maximum atomic E-state index is 12.6. The molecule has 0 radical (unpaired) electrons. The van der Waals surface area contributed by atoms with Crippen LogP contribution in [0.3, 0.4) is 0 Å². The minimum atomic E-state index is -0.587. The van der Waals surface area contributed by atoms with Gasteiger partial charge < -0.3 is 20.1 Å². The van der Waals surface area contributed by atoms with Gasteiger partial charge in [0.2, 0.25) is 0 Å². The van der Waals surface area contributed by atoms with Gasteiger partial charge in [0.25, 0.3) is 11.8 Å². The molecule has 0 atom stereocenters. The van der Waals surface area contributed by atoms with Crippen molar-refractivity contribution in [1.82, 2.24) is 4.90 Å². The molecule has 0 saturated carbocycles. The lowest BCUT2D eigenvalue weighted by Crippen LogP contribution is -2.26. The van der Waals surface area contributed by atoms with Crippen LogP contribution in [0.5, 0.6) is 11.5 Å². The Morgan fingerprint density at radius 2 is 1.80 bits per heavy atom. The van der Waals surface area contributed by atoms with Crippen LogP contribution in [0.4, 0.5) is 0 Å². The molecule has 6 nitrogen and oxygen atoms in total. The van der Waals surface area contributed by atoms with E-state index in [1.165, 1.54) is 7.11 Å². The zero-order chi connectivity index (χ0) is 18.4. The van der Waals surface area contributed by atoms with E-state index in [9.17, 15) is 9.59 Å². The van der Waals surface area contributed by atoms with Gasteiger partial charge in [-0.05, 0) is 35.9 Å². The van der Waals surface area contributed by atoms with Crippen molar-refractivity contribution in [2.24, 2.45) is 5.73 Å². The standard InChI is InChI=1S/C18H19BrN2O4/c1-21(10-12-3-6-14(19)7-4-12)18(23)13-5-8-15(16(9-13)24-2)25-11-17(20)22/h3-9H,10-11H2,1-2H3,(H2,20,22). The van der Waals surface area contributed by atoms with E-state index < -0.39 is 5.91 Å². The van der Waals surface area contributed by atoms with Gasteiger partial charge in [-0.1, -0.05) is 28.1 Å². The fraction of sp³-hybridized carbons (Fsp3) is 0.222.